The number of pyridine rings is 1. The molecule has 0 saturated carbocycles. The summed E-state index contributed by atoms with van der Waals surface area (Å²) in [4.78, 5) is 4.25. The van der Waals surface area contributed by atoms with Crippen LogP contribution in [-0.2, 0) is 6.54 Å². The van der Waals surface area contributed by atoms with Gasteiger partial charge in [-0.15, -0.1) is 0 Å². The van der Waals surface area contributed by atoms with Crippen molar-refractivity contribution in [2.75, 3.05) is 7.11 Å². The van der Waals surface area contributed by atoms with Crippen molar-refractivity contribution in [3.05, 3.63) is 29.7 Å². The second kappa shape index (κ2) is 4.57. The Labute approximate surface area is 101 Å². The molecule has 0 saturated heterocycles. The molecular weight excluding hydrogens is 214 g/mol. The highest BCUT2D eigenvalue weighted by Crippen LogP contribution is 2.27. The molecule has 0 N–H and O–H groups in total. The fraction of sp³-hybridized carbons (Fsp3) is 0.385. The molecule has 17 heavy (non-hydrogen) atoms. The van der Waals surface area contributed by atoms with Gasteiger partial charge in [0.25, 0.3) is 0 Å². The van der Waals surface area contributed by atoms with Crippen molar-refractivity contribution < 1.29 is 4.74 Å². The monoisotopic (exact) mass is 231 g/mol. The Kier molecular flexibility index (Phi) is 3.13. The SMILES string of the molecule is CCn1ncc(-c2cnc(OC)cc2C)c1C. The average molecular weight is 231 g/mol. The molecule has 0 atom stereocenters. The molecule has 0 unspecified atom stereocenters. The van der Waals surface area contributed by atoms with E-state index in [2.05, 4.69) is 30.9 Å². The van der Waals surface area contributed by atoms with Crippen molar-refractivity contribution >= 4 is 0 Å². The van der Waals surface area contributed by atoms with Crippen LogP contribution < -0.4 is 4.74 Å². The molecule has 0 bridgehead atoms. The summed E-state index contributed by atoms with van der Waals surface area (Å²) in [5, 5.41) is 4.35. The summed E-state index contributed by atoms with van der Waals surface area (Å²) in [5.41, 5.74) is 4.57. The maximum Gasteiger partial charge on any atom is 0.213 e. The zero-order valence-electron chi connectivity index (χ0n) is 10.7. The molecule has 2 rings (SSSR count). The number of aryl methyl sites for hydroxylation is 2. The molecule has 4 heteroatoms. The first kappa shape index (κ1) is 11.6. The average Bonchev–Trinajstić information content (AvgIpc) is 2.70. The van der Waals surface area contributed by atoms with Crippen LogP contribution in [0.5, 0.6) is 5.88 Å². The van der Waals surface area contributed by atoms with Crippen LogP contribution in [0.25, 0.3) is 11.1 Å². The molecule has 2 aromatic rings. The molecule has 90 valence electrons. The third kappa shape index (κ3) is 2.02. The zero-order chi connectivity index (χ0) is 12.4. The van der Waals surface area contributed by atoms with Crippen molar-refractivity contribution in [1.29, 1.82) is 0 Å². The van der Waals surface area contributed by atoms with E-state index < -0.39 is 0 Å². The summed E-state index contributed by atoms with van der Waals surface area (Å²) >= 11 is 0. The molecule has 0 aliphatic carbocycles. The molecule has 0 aliphatic heterocycles. The van der Waals surface area contributed by atoms with Gasteiger partial charge >= 0.3 is 0 Å². The highest BCUT2D eigenvalue weighted by molar-refractivity contribution is 5.68. The topological polar surface area (TPSA) is 39.9 Å². The first-order chi connectivity index (χ1) is 8.17. The molecule has 0 amide bonds. The molecule has 2 aromatic heterocycles. The Morgan fingerprint density at radius 3 is 2.53 bits per heavy atom. The lowest BCUT2D eigenvalue weighted by Gasteiger charge is -2.07. The fourth-order valence-corrected chi connectivity index (χ4v) is 1.95. The van der Waals surface area contributed by atoms with Crippen molar-refractivity contribution in [2.45, 2.75) is 27.3 Å². The highest BCUT2D eigenvalue weighted by atomic mass is 16.5. The van der Waals surface area contributed by atoms with Crippen molar-refractivity contribution in [1.82, 2.24) is 14.8 Å². The predicted octanol–water partition coefficient (Wildman–Crippen LogP) is 2.59. The first-order valence-corrected chi connectivity index (χ1v) is 5.70. The van der Waals surface area contributed by atoms with E-state index in [1.165, 1.54) is 5.69 Å². The molecule has 0 fully saturated rings. The maximum atomic E-state index is 5.11. The molecule has 0 aliphatic rings. The van der Waals surface area contributed by atoms with Gasteiger partial charge in [-0.05, 0) is 26.3 Å². The van der Waals surface area contributed by atoms with E-state index in [0.29, 0.717) is 5.88 Å². The third-order valence-corrected chi connectivity index (χ3v) is 2.99. The van der Waals surface area contributed by atoms with Crippen LogP contribution in [0.3, 0.4) is 0 Å². The van der Waals surface area contributed by atoms with Gasteiger partial charge in [0.05, 0.1) is 13.3 Å². The van der Waals surface area contributed by atoms with Crippen LogP contribution in [0.4, 0.5) is 0 Å². The lowest BCUT2D eigenvalue weighted by molar-refractivity contribution is 0.397. The maximum absolute atomic E-state index is 5.11. The predicted molar refractivity (Wildman–Crippen MR) is 67.2 cm³/mol. The minimum absolute atomic E-state index is 0.645. The van der Waals surface area contributed by atoms with E-state index in [1.807, 2.05) is 23.1 Å². The van der Waals surface area contributed by atoms with E-state index in [4.69, 9.17) is 4.74 Å². The Morgan fingerprint density at radius 2 is 2.00 bits per heavy atom. The third-order valence-electron chi connectivity index (χ3n) is 2.99. The van der Waals surface area contributed by atoms with Gasteiger partial charge in [-0.3, -0.25) is 4.68 Å². The Bertz CT molecular complexity index is 531. The number of nitrogens with zero attached hydrogens (tertiary/aromatic N) is 3. The highest BCUT2D eigenvalue weighted by Gasteiger charge is 2.11. The molecule has 4 nitrogen and oxygen atoms in total. The first-order valence-electron chi connectivity index (χ1n) is 5.70. The van der Waals surface area contributed by atoms with Gasteiger partial charge < -0.3 is 4.74 Å². The lowest BCUT2D eigenvalue weighted by Crippen LogP contribution is -1.98. The van der Waals surface area contributed by atoms with Gasteiger partial charge in [0.2, 0.25) is 5.88 Å². The second-order valence-corrected chi connectivity index (χ2v) is 4.00. The lowest BCUT2D eigenvalue weighted by atomic mass is 10.0. The number of rotatable bonds is 3. The van der Waals surface area contributed by atoms with Gasteiger partial charge in [0.15, 0.2) is 0 Å². The summed E-state index contributed by atoms with van der Waals surface area (Å²) in [5.74, 6) is 0.645. The Hall–Kier alpha value is -1.84. The number of methoxy groups -OCH3 is 1. The summed E-state index contributed by atoms with van der Waals surface area (Å²) < 4.78 is 7.10. The van der Waals surface area contributed by atoms with Crippen LogP contribution in [0.1, 0.15) is 18.2 Å². The normalized spacial score (nSPS) is 10.6. The van der Waals surface area contributed by atoms with E-state index in [1.54, 1.807) is 7.11 Å². The number of hydrogen-bond acceptors (Lipinski definition) is 3. The minimum Gasteiger partial charge on any atom is -0.481 e. The van der Waals surface area contributed by atoms with Gasteiger partial charge in [-0.1, -0.05) is 0 Å². The van der Waals surface area contributed by atoms with Gasteiger partial charge in [0, 0.05) is 35.6 Å². The number of aromatic nitrogens is 3. The van der Waals surface area contributed by atoms with Gasteiger partial charge in [0.1, 0.15) is 0 Å². The molecule has 0 radical (unpaired) electrons. The number of hydrogen-bond donors (Lipinski definition) is 0. The van der Waals surface area contributed by atoms with E-state index >= 15 is 0 Å². The van der Waals surface area contributed by atoms with Crippen LogP contribution >= 0.6 is 0 Å². The summed E-state index contributed by atoms with van der Waals surface area (Å²) in [6, 6.07) is 1.94. The smallest absolute Gasteiger partial charge is 0.213 e. The summed E-state index contributed by atoms with van der Waals surface area (Å²) in [6.07, 6.45) is 3.74. The van der Waals surface area contributed by atoms with E-state index in [-0.39, 0.29) is 0 Å². The molecule has 2 heterocycles. The minimum atomic E-state index is 0.645. The van der Waals surface area contributed by atoms with E-state index in [0.717, 1.165) is 23.2 Å². The van der Waals surface area contributed by atoms with Gasteiger partial charge in [-0.2, -0.15) is 5.10 Å². The second-order valence-electron chi connectivity index (χ2n) is 4.00. The van der Waals surface area contributed by atoms with Crippen LogP contribution in [-0.4, -0.2) is 21.9 Å². The van der Waals surface area contributed by atoms with Crippen LogP contribution in [0.15, 0.2) is 18.5 Å². The standard InChI is InChI=1S/C13H17N3O/c1-5-16-10(3)12(8-15-16)11-7-14-13(17-4)6-9(11)2/h6-8H,5H2,1-4H3. The number of ether oxygens (including phenoxy) is 1. The van der Waals surface area contributed by atoms with Gasteiger partial charge in [-0.25, -0.2) is 4.98 Å². The van der Waals surface area contributed by atoms with E-state index in [9.17, 15) is 0 Å². The largest absolute Gasteiger partial charge is 0.481 e. The fourth-order valence-electron chi connectivity index (χ4n) is 1.95. The Morgan fingerprint density at radius 1 is 1.24 bits per heavy atom. The van der Waals surface area contributed by atoms with Crippen molar-refractivity contribution in [3.63, 3.8) is 0 Å². The quantitative estimate of drug-likeness (QED) is 0.815. The van der Waals surface area contributed by atoms with Crippen molar-refractivity contribution in [3.8, 4) is 17.0 Å². The Balaban J connectivity index is 2.49. The van der Waals surface area contributed by atoms with Crippen LogP contribution in [0, 0.1) is 13.8 Å². The summed E-state index contributed by atoms with van der Waals surface area (Å²) in [6.45, 7) is 7.11. The molecular formula is C13H17N3O. The summed E-state index contributed by atoms with van der Waals surface area (Å²) in [7, 11) is 1.63. The molecule has 0 spiro atoms. The zero-order valence-corrected chi connectivity index (χ0v) is 10.7. The van der Waals surface area contributed by atoms with Crippen LogP contribution in [0.2, 0.25) is 0 Å². The molecule has 0 aromatic carbocycles. The van der Waals surface area contributed by atoms with Crippen molar-refractivity contribution in [2.24, 2.45) is 0 Å².